The van der Waals surface area contributed by atoms with Gasteiger partial charge >= 0.3 is 12.1 Å². The van der Waals surface area contributed by atoms with E-state index in [1.165, 1.54) is 6.07 Å². The number of carbonyl (C=O) groups is 1. The molecule has 0 aromatic carbocycles. The normalized spacial score (nSPS) is 12.8. The van der Waals surface area contributed by atoms with E-state index in [2.05, 4.69) is 40.6 Å². The van der Waals surface area contributed by atoms with Gasteiger partial charge in [0.25, 0.3) is 0 Å². The first kappa shape index (κ1) is 19.1. The van der Waals surface area contributed by atoms with Gasteiger partial charge < -0.3 is 14.5 Å². The first-order chi connectivity index (χ1) is 12.7. The van der Waals surface area contributed by atoms with Gasteiger partial charge in [-0.15, -0.1) is 0 Å². The summed E-state index contributed by atoms with van der Waals surface area (Å²) in [4.78, 5) is 27.2. The van der Waals surface area contributed by atoms with Gasteiger partial charge in [-0.25, -0.2) is 19.7 Å². The number of ether oxygens (including phenoxy) is 2. The first-order valence-electron chi connectivity index (χ1n) is 7.59. The third-order valence-electron chi connectivity index (χ3n) is 3.35. The lowest BCUT2D eigenvalue weighted by molar-refractivity contribution is -0.154. The maximum Gasteiger partial charge on any atom is 0.422 e. The van der Waals surface area contributed by atoms with Crippen molar-refractivity contribution in [2.75, 3.05) is 6.61 Å². The van der Waals surface area contributed by atoms with Crippen LogP contribution in [0.25, 0.3) is 11.2 Å². The van der Waals surface area contributed by atoms with Crippen LogP contribution < -0.4 is 4.74 Å². The monoisotopic (exact) mass is 444 g/mol. The van der Waals surface area contributed by atoms with Gasteiger partial charge in [-0.3, -0.25) is 0 Å². The lowest BCUT2D eigenvalue weighted by Gasteiger charge is -2.11. The van der Waals surface area contributed by atoms with Gasteiger partial charge in [0.2, 0.25) is 5.88 Å². The second kappa shape index (κ2) is 7.51. The molecule has 0 amide bonds. The van der Waals surface area contributed by atoms with Crippen molar-refractivity contribution in [2.45, 2.75) is 19.2 Å². The Bertz CT molecular complexity index is 960. The van der Waals surface area contributed by atoms with Crippen LogP contribution in [0.2, 0.25) is 0 Å². The highest BCUT2D eigenvalue weighted by molar-refractivity contribution is 9.10. The standard InChI is InChI=1S/C16H12BrF3N4O3/c1-8(13-23-11-4-10(17)6-22-14(11)24-13)27-15(25)9-2-3-12(21-5-9)26-7-16(18,19)20/h2-6,8H,7H2,1H3,(H,22,23,24). The fourth-order valence-corrected chi connectivity index (χ4v) is 2.44. The molecule has 0 aliphatic rings. The molecule has 0 bridgehead atoms. The summed E-state index contributed by atoms with van der Waals surface area (Å²) < 4.78 is 46.9. The largest absolute Gasteiger partial charge is 0.468 e. The van der Waals surface area contributed by atoms with Gasteiger partial charge in [0.05, 0.1) is 11.1 Å². The van der Waals surface area contributed by atoms with E-state index >= 15 is 0 Å². The highest BCUT2D eigenvalue weighted by Gasteiger charge is 2.28. The fraction of sp³-hybridized carbons (Fsp3) is 0.250. The number of pyridine rings is 2. The number of aromatic amines is 1. The molecule has 0 fully saturated rings. The van der Waals surface area contributed by atoms with Crippen LogP contribution in [0.4, 0.5) is 13.2 Å². The smallest absolute Gasteiger partial charge is 0.422 e. The minimum Gasteiger partial charge on any atom is -0.468 e. The number of carbonyl (C=O) groups excluding carboxylic acids is 1. The lowest BCUT2D eigenvalue weighted by Crippen LogP contribution is -2.19. The summed E-state index contributed by atoms with van der Waals surface area (Å²) in [7, 11) is 0. The van der Waals surface area contributed by atoms with Crippen LogP contribution in [0, 0.1) is 0 Å². The van der Waals surface area contributed by atoms with Crippen LogP contribution >= 0.6 is 15.9 Å². The van der Waals surface area contributed by atoms with E-state index in [-0.39, 0.29) is 11.4 Å². The summed E-state index contributed by atoms with van der Waals surface area (Å²) in [6.45, 7) is 0.163. The molecule has 0 aliphatic heterocycles. The molecule has 0 aliphatic carbocycles. The number of alkyl halides is 3. The predicted molar refractivity (Wildman–Crippen MR) is 91.2 cm³/mol. The van der Waals surface area contributed by atoms with Gasteiger partial charge in [-0.2, -0.15) is 13.2 Å². The molecule has 3 aromatic heterocycles. The molecule has 1 N–H and O–H groups in total. The van der Waals surface area contributed by atoms with Crippen molar-refractivity contribution in [1.29, 1.82) is 0 Å². The first-order valence-corrected chi connectivity index (χ1v) is 8.38. The molecule has 0 saturated heterocycles. The van der Waals surface area contributed by atoms with Gasteiger partial charge in [0.15, 0.2) is 18.4 Å². The summed E-state index contributed by atoms with van der Waals surface area (Å²) in [5, 5.41) is 0. The number of halogens is 4. The molecular formula is C16H12BrF3N4O3. The molecule has 7 nitrogen and oxygen atoms in total. The summed E-state index contributed by atoms with van der Waals surface area (Å²) in [5.74, 6) is -0.542. The minimum absolute atomic E-state index is 0.0678. The van der Waals surface area contributed by atoms with Crippen LogP contribution in [-0.4, -0.2) is 38.7 Å². The van der Waals surface area contributed by atoms with Gasteiger partial charge in [-0.05, 0) is 35.0 Å². The number of aromatic nitrogens is 4. The Morgan fingerprint density at radius 1 is 1.30 bits per heavy atom. The predicted octanol–water partition coefficient (Wildman–Crippen LogP) is 3.97. The van der Waals surface area contributed by atoms with Crippen LogP contribution in [0.5, 0.6) is 5.88 Å². The molecule has 11 heteroatoms. The van der Waals surface area contributed by atoms with Crippen LogP contribution in [0.1, 0.15) is 29.2 Å². The summed E-state index contributed by atoms with van der Waals surface area (Å²) in [5.41, 5.74) is 1.22. The van der Waals surface area contributed by atoms with Crippen molar-refractivity contribution in [3.8, 4) is 5.88 Å². The van der Waals surface area contributed by atoms with Crippen molar-refractivity contribution in [2.24, 2.45) is 0 Å². The van der Waals surface area contributed by atoms with Crippen LogP contribution in [0.3, 0.4) is 0 Å². The average molecular weight is 445 g/mol. The molecule has 1 atom stereocenters. The Labute approximate surface area is 159 Å². The SMILES string of the molecule is CC(OC(=O)c1ccc(OCC(F)(F)F)nc1)c1nc2ncc(Br)cc2[nH]1. The van der Waals surface area contributed by atoms with Crippen molar-refractivity contribution < 1.29 is 27.4 Å². The van der Waals surface area contributed by atoms with Crippen molar-refractivity contribution in [3.63, 3.8) is 0 Å². The third-order valence-corrected chi connectivity index (χ3v) is 3.78. The topological polar surface area (TPSA) is 90.0 Å². The lowest BCUT2D eigenvalue weighted by atomic mass is 10.3. The number of H-pyrrole nitrogens is 1. The highest BCUT2D eigenvalue weighted by atomic mass is 79.9. The molecule has 3 aromatic rings. The van der Waals surface area contributed by atoms with Crippen molar-refractivity contribution in [1.82, 2.24) is 19.9 Å². The second-order valence-corrected chi connectivity index (χ2v) is 6.40. The third kappa shape index (κ3) is 4.94. The molecule has 0 spiro atoms. The Morgan fingerprint density at radius 3 is 2.74 bits per heavy atom. The number of nitrogens with one attached hydrogen (secondary N) is 1. The zero-order chi connectivity index (χ0) is 19.6. The van der Waals surface area contributed by atoms with E-state index in [1.54, 1.807) is 19.2 Å². The zero-order valence-corrected chi connectivity index (χ0v) is 15.3. The Morgan fingerprint density at radius 2 is 2.07 bits per heavy atom. The summed E-state index contributed by atoms with van der Waals surface area (Å²) in [6.07, 6.45) is -2.49. The molecule has 1 unspecified atom stereocenters. The highest BCUT2D eigenvalue weighted by Crippen LogP contribution is 2.22. The average Bonchev–Trinajstić information content (AvgIpc) is 3.03. The van der Waals surface area contributed by atoms with E-state index in [9.17, 15) is 18.0 Å². The molecule has 0 radical (unpaired) electrons. The Balaban J connectivity index is 1.65. The van der Waals surface area contributed by atoms with E-state index in [4.69, 9.17) is 4.74 Å². The van der Waals surface area contributed by atoms with Crippen molar-refractivity contribution in [3.05, 3.63) is 46.5 Å². The Kier molecular flexibility index (Phi) is 5.31. The summed E-state index contributed by atoms with van der Waals surface area (Å²) in [6, 6.07) is 4.22. The van der Waals surface area contributed by atoms with E-state index in [0.29, 0.717) is 17.0 Å². The number of nitrogens with zero attached hydrogens (tertiary/aromatic N) is 3. The van der Waals surface area contributed by atoms with Crippen LogP contribution in [-0.2, 0) is 4.74 Å². The van der Waals surface area contributed by atoms with E-state index < -0.39 is 24.9 Å². The van der Waals surface area contributed by atoms with Gasteiger partial charge in [0.1, 0.15) is 5.82 Å². The van der Waals surface area contributed by atoms with Gasteiger partial charge in [-0.1, -0.05) is 0 Å². The van der Waals surface area contributed by atoms with Crippen LogP contribution in [0.15, 0.2) is 35.1 Å². The molecule has 3 heterocycles. The number of fused-ring (bicyclic) bond motifs is 1. The van der Waals surface area contributed by atoms with E-state index in [1.807, 2.05) is 0 Å². The maximum absolute atomic E-state index is 12.2. The summed E-state index contributed by atoms with van der Waals surface area (Å²) >= 11 is 3.30. The molecule has 0 saturated carbocycles. The fourth-order valence-electron chi connectivity index (χ4n) is 2.11. The Hall–Kier alpha value is -2.69. The quantitative estimate of drug-likeness (QED) is 0.598. The maximum atomic E-state index is 12.2. The molecule has 27 heavy (non-hydrogen) atoms. The minimum atomic E-state index is -4.47. The number of hydrogen-bond donors (Lipinski definition) is 1. The number of esters is 1. The number of rotatable bonds is 5. The molecular weight excluding hydrogens is 433 g/mol. The number of hydrogen-bond acceptors (Lipinski definition) is 6. The number of imidazole rings is 1. The zero-order valence-electron chi connectivity index (χ0n) is 13.7. The molecule has 142 valence electrons. The van der Waals surface area contributed by atoms with Crippen molar-refractivity contribution >= 4 is 33.1 Å². The van der Waals surface area contributed by atoms with Gasteiger partial charge in [0, 0.05) is 22.9 Å². The van der Waals surface area contributed by atoms with E-state index in [0.717, 1.165) is 16.7 Å². The molecule has 3 rings (SSSR count). The second-order valence-electron chi connectivity index (χ2n) is 5.48.